The van der Waals surface area contributed by atoms with Crippen molar-refractivity contribution in [2.24, 2.45) is 0 Å². The molecule has 0 saturated carbocycles. The predicted molar refractivity (Wildman–Crippen MR) is 99.5 cm³/mol. The first-order valence-corrected chi connectivity index (χ1v) is 9.45. The first-order chi connectivity index (χ1) is 12.1. The van der Waals surface area contributed by atoms with Crippen LogP contribution in [0.4, 0.5) is 0 Å². The third-order valence-electron chi connectivity index (χ3n) is 4.46. The summed E-state index contributed by atoms with van der Waals surface area (Å²) in [4.78, 5) is 32.4. The van der Waals surface area contributed by atoms with Gasteiger partial charge < -0.3 is 4.90 Å². The maximum Gasteiger partial charge on any atom is 0.271 e. The second-order valence-corrected chi connectivity index (χ2v) is 7.35. The Morgan fingerprint density at radius 3 is 2.56 bits per heavy atom. The van der Waals surface area contributed by atoms with Gasteiger partial charge in [-0.15, -0.1) is 11.3 Å². The maximum absolute atomic E-state index is 13.0. The second-order valence-electron chi connectivity index (χ2n) is 6.08. The van der Waals surface area contributed by atoms with Crippen LogP contribution in [-0.4, -0.2) is 33.3 Å². The number of aromatic nitrogens is 2. The number of fused-ring (bicyclic) bond motifs is 1. The van der Waals surface area contributed by atoms with E-state index in [-0.39, 0.29) is 17.0 Å². The van der Waals surface area contributed by atoms with Crippen LogP contribution in [0, 0.1) is 0 Å². The van der Waals surface area contributed by atoms with E-state index < -0.39 is 0 Å². The molecule has 0 bridgehead atoms. The molecule has 7 heteroatoms. The van der Waals surface area contributed by atoms with Gasteiger partial charge >= 0.3 is 0 Å². The van der Waals surface area contributed by atoms with Crippen LogP contribution in [0.3, 0.4) is 0 Å². The van der Waals surface area contributed by atoms with E-state index in [0.717, 1.165) is 30.5 Å². The Kier molecular flexibility index (Phi) is 4.31. The standard InChI is InChI=1S/C18H16ClN3O2S/c19-13-6-4-12(5-7-13)15-11-25-18-20-10-14(17(24)22(15)18)16(23)21-8-2-1-3-9-21/h4-7,10-11H,1-3,8-9H2. The van der Waals surface area contributed by atoms with E-state index in [1.165, 1.54) is 21.9 Å². The molecule has 25 heavy (non-hydrogen) atoms. The average molecular weight is 374 g/mol. The van der Waals surface area contributed by atoms with Crippen molar-refractivity contribution in [1.29, 1.82) is 0 Å². The van der Waals surface area contributed by atoms with Gasteiger partial charge in [0.05, 0.1) is 5.69 Å². The number of carbonyl (C=O) groups excluding carboxylic acids is 1. The minimum absolute atomic E-state index is 0.132. The summed E-state index contributed by atoms with van der Waals surface area (Å²) < 4.78 is 1.52. The highest BCUT2D eigenvalue weighted by Gasteiger charge is 2.23. The van der Waals surface area contributed by atoms with Crippen molar-refractivity contribution in [2.45, 2.75) is 19.3 Å². The minimum atomic E-state index is -0.313. The number of piperidine rings is 1. The van der Waals surface area contributed by atoms with Crippen LogP contribution >= 0.6 is 22.9 Å². The number of carbonyl (C=O) groups is 1. The van der Waals surface area contributed by atoms with Gasteiger partial charge in [0, 0.05) is 29.7 Å². The lowest BCUT2D eigenvalue weighted by molar-refractivity contribution is 0.0722. The highest BCUT2D eigenvalue weighted by atomic mass is 35.5. The lowest BCUT2D eigenvalue weighted by atomic mass is 10.1. The molecule has 1 aliphatic rings. The van der Waals surface area contributed by atoms with Crippen molar-refractivity contribution in [2.75, 3.05) is 13.1 Å². The molecule has 3 heterocycles. The SMILES string of the molecule is O=C(c1cnc2scc(-c3ccc(Cl)cc3)n2c1=O)N1CCCCC1. The Hall–Kier alpha value is -2.18. The summed E-state index contributed by atoms with van der Waals surface area (Å²) in [6, 6.07) is 7.27. The van der Waals surface area contributed by atoms with E-state index in [2.05, 4.69) is 4.98 Å². The Labute approximate surface area is 153 Å². The smallest absolute Gasteiger partial charge is 0.271 e. The largest absolute Gasteiger partial charge is 0.338 e. The number of amides is 1. The van der Waals surface area contributed by atoms with Crippen molar-refractivity contribution >= 4 is 33.8 Å². The van der Waals surface area contributed by atoms with Gasteiger partial charge in [0.2, 0.25) is 0 Å². The molecule has 1 amide bonds. The quantitative estimate of drug-likeness (QED) is 0.688. The molecule has 5 nitrogen and oxygen atoms in total. The Balaban J connectivity index is 1.81. The summed E-state index contributed by atoms with van der Waals surface area (Å²) in [7, 11) is 0. The molecule has 0 atom stereocenters. The fourth-order valence-corrected chi connectivity index (χ4v) is 4.11. The molecule has 0 radical (unpaired) electrons. The maximum atomic E-state index is 13.0. The van der Waals surface area contributed by atoms with E-state index >= 15 is 0 Å². The van der Waals surface area contributed by atoms with Gasteiger partial charge in [-0.1, -0.05) is 23.7 Å². The highest BCUT2D eigenvalue weighted by molar-refractivity contribution is 7.15. The van der Waals surface area contributed by atoms with Crippen LogP contribution in [0.5, 0.6) is 0 Å². The molecule has 1 fully saturated rings. The fraction of sp³-hybridized carbons (Fsp3) is 0.278. The van der Waals surface area contributed by atoms with Crippen LogP contribution in [0.2, 0.25) is 5.02 Å². The predicted octanol–water partition coefficient (Wildman–Crippen LogP) is 3.70. The van der Waals surface area contributed by atoms with Gasteiger partial charge in [-0.25, -0.2) is 4.98 Å². The molecule has 4 rings (SSSR count). The molecule has 1 aliphatic heterocycles. The average Bonchev–Trinajstić information content (AvgIpc) is 3.08. The van der Waals surface area contributed by atoms with Gasteiger partial charge in [0.1, 0.15) is 5.56 Å². The van der Waals surface area contributed by atoms with E-state index in [1.807, 2.05) is 17.5 Å². The molecule has 0 N–H and O–H groups in total. The summed E-state index contributed by atoms with van der Waals surface area (Å²) >= 11 is 7.32. The van der Waals surface area contributed by atoms with Crippen molar-refractivity contribution in [3.63, 3.8) is 0 Å². The van der Waals surface area contributed by atoms with Crippen LogP contribution in [0.25, 0.3) is 16.2 Å². The van der Waals surface area contributed by atoms with Crippen molar-refractivity contribution in [1.82, 2.24) is 14.3 Å². The molecule has 0 spiro atoms. The molecule has 2 aromatic heterocycles. The molecular weight excluding hydrogens is 358 g/mol. The first kappa shape index (κ1) is 16.3. The van der Waals surface area contributed by atoms with Crippen molar-refractivity contribution in [3.8, 4) is 11.3 Å². The van der Waals surface area contributed by atoms with Crippen LogP contribution in [-0.2, 0) is 0 Å². The molecule has 0 unspecified atom stereocenters. The summed E-state index contributed by atoms with van der Waals surface area (Å²) in [5.41, 5.74) is 1.41. The normalized spacial score (nSPS) is 14.8. The van der Waals surface area contributed by atoms with Crippen LogP contribution in [0.15, 0.2) is 40.6 Å². The van der Waals surface area contributed by atoms with Crippen molar-refractivity contribution < 1.29 is 4.79 Å². The Bertz CT molecular complexity index is 988. The molecule has 1 saturated heterocycles. The third-order valence-corrected chi connectivity index (χ3v) is 5.55. The third kappa shape index (κ3) is 2.96. The number of likely N-dealkylation sites (tertiary alicyclic amines) is 1. The van der Waals surface area contributed by atoms with Gasteiger partial charge in [-0.05, 0) is 37.0 Å². The number of hydrogen-bond acceptors (Lipinski definition) is 4. The monoisotopic (exact) mass is 373 g/mol. The lowest BCUT2D eigenvalue weighted by Crippen LogP contribution is -2.39. The molecular formula is C18H16ClN3O2S. The van der Waals surface area contributed by atoms with Crippen LogP contribution in [0.1, 0.15) is 29.6 Å². The zero-order valence-corrected chi connectivity index (χ0v) is 15.0. The number of thiazole rings is 1. The van der Waals surface area contributed by atoms with Gasteiger partial charge in [-0.3, -0.25) is 14.0 Å². The first-order valence-electron chi connectivity index (χ1n) is 8.19. The Morgan fingerprint density at radius 1 is 1.12 bits per heavy atom. The second kappa shape index (κ2) is 6.61. The zero-order valence-electron chi connectivity index (χ0n) is 13.4. The van der Waals surface area contributed by atoms with Gasteiger partial charge in [0.15, 0.2) is 4.96 Å². The lowest BCUT2D eigenvalue weighted by Gasteiger charge is -2.26. The minimum Gasteiger partial charge on any atom is -0.338 e. The highest BCUT2D eigenvalue weighted by Crippen LogP contribution is 2.25. The van der Waals surface area contributed by atoms with Gasteiger partial charge in [0.25, 0.3) is 11.5 Å². The molecule has 1 aromatic carbocycles. The zero-order chi connectivity index (χ0) is 17.4. The number of hydrogen-bond donors (Lipinski definition) is 0. The van der Waals surface area contributed by atoms with E-state index in [0.29, 0.717) is 23.1 Å². The molecule has 3 aromatic rings. The topological polar surface area (TPSA) is 54.7 Å². The van der Waals surface area contributed by atoms with Crippen LogP contribution < -0.4 is 5.56 Å². The summed E-state index contributed by atoms with van der Waals surface area (Å²) in [5.74, 6) is -0.222. The van der Waals surface area contributed by atoms with Crippen molar-refractivity contribution in [3.05, 3.63) is 56.8 Å². The number of rotatable bonds is 2. The molecule has 128 valence electrons. The van der Waals surface area contributed by atoms with E-state index in [9.17, 15) is 9.59 Å². The van der Waals surface area contributed by atoms with Gasteiger partial charge in [-0.2, -0.15) is 0 Å². The number of nitrogens with zero attached hydrogens (tertiary/aromatic N) is 3. The summed E-state index contributed by atoms with van der Waals surface area (Å²) in [6.07, 6.45) is 4.51. The Morgan fingerprint density at radius 2 is 1.84 bits per heavy atom. The fourth-order valence-electron chi connectivity index (χ4n) is 3.13. The van der Waals surface area contributed by atoms with E-state index in [4.69, 9.17) is 11.6 Å². The number of halogens is 1. The summed E-state index contributed by atoms with van der Waals surface area (Å²) in [5, 5.41) is 2.51. The summed E-state index contributed by atoms with van der Waals surface area (Å²) in [6.45, 7) is 1.41. The number of benzene rings is 1. The molecule has 0 aliphatic carbocycles. The van der Waals surface area contributed by atoms with E-state index in [1.54, 1.807) is 17.0 Å².